The fourth-order valence-electron chi connectivity index (χ4n) is 3.45. The number of halogens is 1. The molecule has 0 unspecified atom stereocenters. The van der Waals surface area contributed by atoms with Crippen LogP contribution in [0, 0.1) is 12.7 Å². The summed E-state index contributed by atoms with van der Waals surface area (Å²) in [7, 11) is 0. The lowest BCUT2D eigenvalue weighted by atomic mass is 10.2. The van der Waals surface area contributed by atoms with Crippen molar-refractivity contribution in [2.45, 2.75) is 18.9 Å². The SMILES string of the molecule is CCOC(=O)N1CCN(C(=O)CSc2ccc(-c3sc(-c4ccc(F)cc4)nc3C)nn2)CC1. The minimum atomic E-state index is -0.333. The number of hydrogen-bond donors (Lipinski definition) is 0. The highest BCUT2D eigenvalue weighted by Crippen LogP contribution is 2.34. The second kappa shape index (κ2) is 10.9. The molecule has 0 bridgehead atoms. The Morgan fingerprint density at radius 3 is 2.41 bits per heavy atom. The molecule has 3 aromatic rings. The summed E-state index contributed by atoms with van der Waals surface area (Å²) in [6, 6.07) is 9.95. The third kappa shape index (κ3) is 5.71. The molecular weight excluding hydrogens is 477 g/mol. The van der Waals surface area contributed by atoms with Gasteiger partial charge in [0.05, 0.1) is 22.9 Å². The second-order valence-electron chi connectivity index (χ2n) is 7.55. The molecule has 34 heavy (non-hydrogen) atoms. The van der Waals surface area contributed by atoms with Crippen LogP contribution < -0.4 is 0 Å². The second-order valence-corrected chi connectivity index (χ2v) is 9.55. The van der Waals surface area contributed by atoms with Crippen molar-refractivity contribution in [3.05, 3.63) is 47.9 Å². The van der Waals surface area contributed by atoms with E-state index in [-0.39, 0.29) is 23.6 Å². The maximum Gasteiger partial charge on any atom is 0.409 e. The number of benzene rings is 1. The van der Waals surface area contributed by atoms with Gasteiger partial charge in [-0.05, 0) is 50.2 Å². The quantitative estimate of drug-likeness (QED) is 0.470. The van der Waals surface area contributed by atoms with Crippen molar-refractivity contribution in [3.8, 4) is 21.1 Å². The van der Waals surface area contributed by atoms with E-state index >= 15 is 0 Å². The van der Waals surface area contributed by atoms with E-state index in [1.165, 1.54) is 35.2 Å². The summed E-state index contributed by atoms with van der Waals surface area (Å²) in [5, 5.41) is 10.0. The molecule has 0 radical (unpaired) electrons. The molecule has 0 N–H and O–H groups in total. The summed E-state index contributed by atoms with van der Waals surface area (Å²) in [5.41, 5.74) is 2.38. The highest BCUT2D eigenvalue weighted by molar-refractivity contribution is 7.99. The summed E-state index contributed by atoms with van der Waals surface area (Å²) >= 11 is 2.81. The smallest absolute Gasteiger partial charge is 0.409 e. The van der Waals surface area contributed by atoms with Gasteiger partial charge in [0.15, 0.2) is 0 Å². The summed E-state index contributed by atoms with van der Waals surface area (Å²) in [5.74, 6) is -0.0305. The van der Waals surface area contributed by atoms with Gasteiger partial charge in [-0.15, -0.1) is 21.5 Å². The molecule has 0 aliphatic carbocycles. The molecule has 1 fully saturated rings. The van der Waals surface area contributed by atoms with E-state index in [0.29, 0.717) is 43.5 Å². The van der Waals surface area contributed by atoms with Crippen molar-refractivity contribution >= 4 is 35.1 Å². The molecule has 1 aromatic carbocycles. The van der Waals surface area contributed by atoms with E-state index in [4.69, 9.17) is 4.74 Å². The molecule has 3 heterocycles. The van der Waals surface area contributed by atoms with Crippen LogP contribution >= 0.6 is 23.1 Å². The van der Waals surface area contributed by atoms with Crippen LogP contribution in [-0.2, 0) is 9.53 Å². The van der Waals surface area contributed by atoms with E-state index in [9.17, 15) is 14.0 Å². The van der Waals surface area contributed by atoms with Crippen LogP contribution in [0.15, 0.2) is 41.4 Å². The van der Waals surface area contributed by atoms with E-state index in [2.05, 4.69) is 15.2 Å². The monoisotopic (exact) mass is 501 g/mol. The van der Waals surface area contributed by atoms with Crippen molar-refractivity contribution < 1.29 is 18.7 Å². The number of hydrogen-bond acceptors (Lipinski definition) is 8. The van der Waals surface area contributed by atoms with E-state index in [0.717, 1.165) is 21.1 Å². The standard InChI is InChI=1S/C23H24FN5O3S2/c1-3-32-23(31)29-12-10-28(11-13-29)20(30)14-33-19-9-8-18(26-27-19)21-15(2)25-22(34-21)16-4-6-17(24)7-5-16/h4-9H,3,10-14H2,1-2H3. The fraction of sp³-hybridized carbons (Fsp3) is 0.348. The molecule has 4 rings (SSSR count). The maximum atomic E-state index is 13.2. The molecule has 11 heteroatoms. The van der Waals surface area contributed by atoms with Crippen molar-refractivity contribution in [1.29, 1.82) is 0 Å². The van der Waals surface area contributed by atoms with Gasteiger partial charge in [-0.3, -0.25) is 4.79 Å². The highest BCUT2D eigenvalue weighted by Gasteiger charge is 2.25. The number of thioether (sulfide) groups is 1. The van der Waals surface area contributed by atoms with Gasteiger partial charge in [0.1, 0.15) is 21.5 Å². The summed E-state index contributed by atoms with van der Waals surface area (Å²) in [6.45, 7) is 5.94. The zero-order chi connectivity index (χ0) is 24.1. The Morgan fingerprint density at radius 2 is 1.76 bits per heavy atom. The molecule has 1 saturated heterocycles. The van der Waals surface area contributed by atoms with E-state index < -0.39 is 0 Å². The van der Waals surface area contributed by atoms with Gasteiger partial charge in [0.2, 0.25) is 5.91 Å². The Hall–Kier alpha value is -3.05. The molecule has 0 saturated carbocycles. The van der Waals surface area contributed by atoms with Gasteiger partial charge in [-0.1, -0.05) is 11.8 Å². The number of aryl methyl sites for hydroxylation is 1. The van der Waals surface area contributed by atoms with E-state index in [1.54, 1.807) is 28.9 Å². The number of carbonyl (C=O) groups is 2. The lowest BCUT2D eigenvalue weighted by molar-refractivity contribution is -0.129. The summed E-state index contributed by atoms with van der Waals surface area (Å²) in [6.07, 6.45) is -0.333. The minimum absolute atomic E-state index is 0.00151. The number of amides is 2. The number of aromatic nitrogens is 3. The number of rotatable bonds is 6. The number of thiazole rings is 1. The predicted molar refractivity (Wildman–Crippen MR) is 129 cm³/mol. The van der Waals surface area contributed by atoms with Crippen molar-refractivity contribution in [3.63, 3.8) is 0 Å². The molecule has 1 aliphatic rings. The van der Waals surface area contributed by atoms with Crippen LogP contribution in [0.25, 0.3) is 21.1 Å². The third-order valence-corrected chi connectivity index (χ3v) is 7.40. The zero-order valence-corrected chi connectivity index (χ0v) is 20.5. The van der Waals surface area contributed by atoms with Gasteiger partial charge in [-0.25, -0.2) is 14.2 Å². The maximum absolute atomic E-state index is 13.2. The molecule has 178 valence electrons. The van der Waals surface area contributed by atoms with E-state index in [1.807, 2.05) is 19.1 Å². The highest BCUT2D eigenvalue weighted by atomic mass is 32.2. The summed E-state index contributed by atoms with van der Waals surface area (Å²) < 4.78 is 18.2. The van der Waals surface area contributed by atoms with Crippen LogP contribution in [0.1, 0.15) is 12.6 Å². The fourth-order valence-corrected chi connectivity index (χ4v) is 5.20. The van der Waals surface area contributed by atoms with Crippen molar-refractivity contribution in [2.75, 3.05) is 38.5 Å². The number of nitrogens with zero attached hydrogens (tertiary/aromatic N) is 5. The Morgan fingerprint density at radius 1 is 1.06 bits per heavy atom. The average molecular weight is 502 g/mol. The van der Waals surface area contributed by atoms with Gasteiger partial charge in [0, 0.05) is 31.7 Å². The first-order valence-electron chi connectivity index (χ1n) is 10.8. The molecule has 0 spiro atoms. The van der Waals surface area contributed by atoms with Crippen LogP contribution in [0.4, 0.5) is 9.18 Å². The van der Waals surface area contributed by atoms with Crippen molar-refractivity contribution in [2.24, 2.45) is 0 Å². The van der Waals surface area contributed by atoms with Crippen molar-refractivity contribution in [1.82, 2.24) is 25.0 Å². The van der Waals surface area contributed by atoms with Gasteiger partial charge in [-0.2, -0.15) is 0 Å². The number of carbonyl (C=O) groups excluding carboxylic acids is 2. The van der Waals surface area contributed by atoms with Gasteiger partial charge < -0.3 is 14.5 Å². The molecule has 0 atom stereocenters. The predicted octanol–water partition coefficient (Wildman–Crippen LogP) is 4.11. The Bertz CT molecular complexity index is 1150. The molecule has 8 nitrogen and oxygen atoms in total. The first-order valence-corrected chi connectivity index (χ1v) is 12.6. The van der Waals surface area contributed by atoms with Crippen LogP contribution in [0.3, 0.4) is 0 Å². The molecule has 2 amide bonds. The van der Waals surface area contributed by atoms with Crippen LogP contribution in [-0.4, -0.2) is 75.5 Å². The lowest BCUT2D eigenvalue weighted by Crippen LogP contribution is -2.51. The lowest BCUT2D eigenvalue weighted by Gasteiger charge is -2.34. The molecule has 1 aliphatic heterocycles. The zero-order valence-electron chi connectivity index (χ0n) is 18.9. The Balaban J connectivity index is 1.32. The van der Waals surface area contributed by atoms with Crippen LogP contribution in [0.5, 0.6) is 0 Å². The summed E-state index contributed by atoms with van der Waals surface area (Å²) in [4.78, 5) is 33.2. The van der Waals surface area contributed by atoms with Crippen LogP contribution in [0.2, 0.25) is 0 Å². The normalized spacial score (nSPS) is 13.7. The first-order chi connectivity index (χ1) is 16.4. The Kier molecular flexibility index (Phi) is 7.73. The average Bonchev–Trinajstić information content (AvgIpc) is 3.25. The largest absolute Gasteiger partial charge is 0.450 e. The first kappa shape index (κ1) is 24.1. The van der Waals surface area contributed by atoms with Gasteiger partial charge >= 0.3 is 6.09 Å². The topological polar surface area (TPSA) is 88.5 Å². The third-order valence-electron chi connectivity index (χ3n) is 5.26. The molecular formula is C23H24FN5O3S2. The Labute approximate surface area is 205 Å². The van der Waals surface area contributed by atoms with Gasteiger partial charge in [0.25, 0.3) is 0 Å². The molecule has 2 aromatic heterocycles. The number of piperazine rings is 1. The number of ether oxygens (including phenoxy) is 1. The minimum Gasteiger partial charge on any atom is -0.450 e.